The maximum absolute atomic E-state index is 12.7. The molecule has 0 bridgehead atoms. The van der Waals surface area contributed by atoms with Crippen molar-refractivity contribution in [2.45, 2.75) is 56.2 Å². The SMILES string of the molecule is Cc1nc(Cc2nnc(SCC(=O)NN3C(=O)NC4(CCCCC4)C3=O)o2)cs1. The summed E-state index contributed by atoms with van der Waals surface area (Å²) in [4.78, 5) is 41.4. The number of nitrogens with one attached hydrogen (secondary N) is 2. The van der Waals surface area contributed by atoms with E-state index in [-0.39, 0.29) is 16.9 Å². The van der Waals surface area contributed by atoms with Gasteiger partial charge in [-0.3, -0.25) is 15.0 Å². The molecule has 3 heterocycles. The highest BCUT2D eigenvalue weighted by atomic mass is 32.2. The van der Waals surface area contributed by atoms with Crippen LogP contribution in [0.5, 0.6) is 0 Å². The van der Waals surface area contributed by atoms with Crippen molar-refractivity contribution >= 4 is 40.9 Å². The molecule has 29 heavy (non-hydrogen) atoms. The van der Waals surface area contributed by atoms with Gasteiger partial charge in [-0.15, -0.1) is 21.5 Å². The molecular formula is C17H20N6O4S2. The summed E-state index contributed by atoms with van der Waals surface area (Å²) in [5.41, 5.74) is 2.36. The molecule has 2 aromatic rings. The molecular weight excluding hydrogens is 416 g/mol. The molecule has 2 N–H and O–H groups in total. The second kappa shape index (κ2) is 8.11. The first kappa shape index (κ1) is 19.8. The molecule has 1 saturated carbocycles. The van der Waals surface area contributed by atoms with Crippen LogP contribution in [0.15, 0.2) is 15.0 Å². The van der Waals surface area contributed by atoms with E-state index in [0.717, 1.165) is 46.7 Å². The molecule has 10 nitrogen and oxygen atoms in total. The normalized spacial score (nSPS) is 18.3. The number of carbonyl (C=O) groups is 3. The molecule has 1 aliphatic carbocycles. The Bertz CT molecular complexity index is 936. The highest BCUT2D eigenvalue weighted by Gasteiger charge is 2.52. The highest BCUT2D eigenvalue weighted by molar-refractivity contribution is 7.99. The van der Waals surface area contributed by atoms with Gasteiger partial charge in [0.05, 0.1) is 22.9 Å². The van der Waals surface area contributed by atoms with E-state index in [2.05, 4.69) is 25.9 Å². The number of thioether (sulfide) groups is 1. The number of aromatic nitrogens is 3. The van der Waals surface area contributed by atoms with E-state index in [9.17, 15) is 14.4 Å². The first-order chi connectivity index (χ1) is 13.9. The van der Waals surface area contributed by atoms with E-state index in [1.807, 2.05) is 12.3 Å². The maximum atomic E-state index is 12.7. The largest absolute Gasteiger partial charge is 0.416 e. The number of thiazole rings is 1. The molecule has 2 aromatic heterocycles. The van der Waals surface area contributed by atoms with Gasteiger partial charge >= 0.3 is 6.03 Å². The number of carbonyl (C=O) groups excluding carboxylic acids is 3. The average molecular weight is 437 g/mol. The molecule has 12 heteroatoms. The molecule has 1 saturated heterocycles. The molecule has 4 amide bonds. The quantitative estimate of drug-likeness (QED) is 0.518. The summed E-state index contributed by atoms with van der Waals surface area (Å²) >= 11 is 2.58. The fourth-order valence-corrected chi connectivity index (χ4v) is 4.70. The van der Waals surface area contributed by atoms with Gasteiger partial charge in [-0.05, 0) is 19.8 Å². The molecule has 0 aromatic carbocycles. The fraction of sp³-hybridized carbons (Fsp3) is 0.529. The molecule has 0 unspecified atom stereocenters. The van der Waals surface area contributed by atoms with E-state index in [1.165, 1.54) is 0 Å². The number of hydrogen-bond acceptors (Lipinski definition) is 9. The zero-order valence-electron chi connectivity index (χ0n) is 15.8. The van der Waals surface area contributed by atoms with Gasteiger partial charge in [-0.2, -0.15) is 5.01 Å². The zero-order valence-corrected chi connectivity index (χ0v) is 17.4. The number of imide groups is 1. The fourth-order valence-electron chi connectivity index (χ4n) is 3.51. The number of aryl methyl sites for hydroxylation is 1. The van der Waals surface area contributed by atoms with Crippen molar-refractivity contribution in [3.05, 3.63) is 22.0 Å². The topological polar surface area (TPSA) is 130 Å². The summed E-state index contributed by atoms with van der Waals surface area (Å²) in [7, 11) is 0. The monoisotopic (exact) mass is 436 g/mol. The highest BCUT2D eigenvalue weighted by Crippen LogP contribution is 2.33. The van der Waals surface area contributed by atoms with Gasteiger partial charge in [-0.25, -0.2) is 9.78 Å². The van der Waals surface area contributed by atoms with Crippen molar-refractivity contribution < 1.29 is 18.8 Å². The first-order valence-corrected chi connectivity index (χ1v) is 11.1. The Labute approximate surface area is 174 Å². The Balaban J connectivity index is 1.29. The summed E-state index contributed by atoms with van der Waals surface area (Å²) < 4.78 is 5.52. The summed E-state index contributed by atoms with van der Waals surface area (Å²) in [6.45, 7) is 1.92. The van der Waals surface area contributed by atoms with E-state index >= 15 is 0 Å². The number of nitrogens with zero attached hydrogens (tertiary/aromatic N) is 4. The Hall–Kier alpha value is -2.47. The molecule has 4 rings (SSSR count). The molecule has 1 aliphatic heterocycles. The lowest BCUT2D eigenvalue weighted by atomic mass is 9.82. The minimum absolute atomic E-state index is 0.0680. The van der Waals surface area contributed by atoms with Crippen molar-refractivity contribution in [1.29, 1.82) is 0 Å². The van der Waals surface area contributed by atoms with Crippen LogP contribution in [-0.2, 0) is 16.0 Å². The summed E-state index contributed by atoms with van der Waals surface area (Å²) in [5.74, 6) is -0.548. The second-order valence-electron chi connectivity index (χ2n) is 7.03. The first-order valence-electron chi connectivity index (χ1n) is 9.27. The number of rotatable bonds is 6. The van der Waals surface area contributed by atoms with Crippen molar-refractivity contribution in [3.8, 4) is 0 Å². The lowest BCUT2D eigenvalue weighted by molar-refractivity contribution is -0.139. The number of hydrazine groups is 1. The van der Waals surface area contributed by atoms with Crippen molar-refractivity contribution in [2.75, 3.05) is 5.75 Å². The minimum Gasteiger partial charge on any atom is -0.416 e. The van der Waals surface area contributed by atoms with Gasteiger partial charge in [0, 0.05) is 5.38 Å². The second-order valence-corrected chi connectivity index (χ2v) is 9.02. The number of urea groups is 1. The predicted octanol–water partition coefficient (Wildman–Crippen LogP) is 1.80. The van der Waals surface area contributed by atoms with E-state index < -0.39 is 17.5 Å². The zero-order chi connectivity index (χ0) is 20.4. The predicted molar refractivity (Wildman–Crippen MR) is 104 cm³/mol. The van der Waals surface area contributed by atoms with Crippen molar-refractivity contribution in [1.82, 2.24) is 30.9 Å². The van der Waals surface area contributed by atoms with Crippen LogP contribution in [0, 0.1) is 6.92 Å². The van der Waals surface area contributed by atoms with Crippen LogP contribution in [0.3, 0.4) is 0 Å². The standard InChI is InChI=1S/C17H20N6O4S2/c1-10-18-11(8-28-10)7-13-20-21-16(27-13)29-9-12(24)22-23-14(25)17(19-15(23)26)5-3-2-4-6-17/h8H,2-7,9H2,1H3,(H,19,26)(H,22,24). The Morgan fingerprint density at radius 3 is 2.86 bits per heavy atom. The van der Waals surface area contributed by atoms with Crippen LogP contribution >= 0.6 is 23.1 Å². The third-order valence-corrected chi connectivity index (χ3v) is 6.52. The van der Waals surface area contributed by atoms with Crippen LogP contribution in [0.2, 0.25) is 0 Å². The molecule has 1 spiro atoms. The third kappa shape index (κ3) is 4.27. The lowest BCUT2D eigenvalue weighted by Gasteiger charge is -2.30. The average Bonchev–Trinajstić information content (AvgIpc) is 3.37. The van der Waals surface area contributed by atoms with Crippen LogP contribution in [-0.4, -0.2) is 49.3 Å². The van der Waals surface area contributed by atoms with Crippen LogP contribution in [0.1, 0.15) is 48.7 Å². The van der Waals surface area contributed by atoms with Gasteiger partial charge in [-0.1, -0.05) is 31.0 Å². The van der Waals surface area contributed by atoms with Gasteiger partial charge in [0.2, 0.25) is 11.8 Å². The van der Waals surface area contributed by atoms with Gasteiger partial charge in [0.1, 0.15) is 5.54 Å². The van der Waals surface area contributed by atoms with E-state index in [1.54, 1.807) is 11.3 Å². The van der Waals surface area contributed by atoms with E-state index in [4.69, 9.17) is 4.42 Å². The minimum atomic E-state index is -0.870. The molecule has 2 fully saturated rings. The van der Waals surface area contributed by atoms with Crippen LogP contribution in [0.25, 0.3) is 0 Å². The summed E-state index contributed by atoms with van der Waals surface area (Å²) in [5, 5.41) is 14.5. The molecule has 0 radical (unpaired) electrons. The molecule has 2 aliphatic rings. The smallest absolute Gasteiger partial charge is 0.344 e. The molecule has 0 atom stereocenters. The van der Waals surface area contributed by atoms with Crippen LogP contribution < -0.4 is 10.7 Å². The van der Waals surface area contributed by atoms with Gasteiger partial charge in [0.25, 0.3) is 11.1 Å². The third-order valence-electron chi connectivity index (χ3n) is 4.88. The van der Waals surface area contributed by atoms with E-state index in [0.29, 0.717) is 25.2 Å². The van der Waals surface area contributed by atoms with Crippen LogP contribution in [0.4, 0.5) is 4.79 Å². The molecule has 154 valence electrons. The Morgan fingerprint density at radius 2 is 2.14 bits per heavy atom. The van der Waals surface area contributed by atoms with Gasteiger partial charge in [0.15, 0.2) is 0 Å². The number of amides is 4. The lowest BCUT2D eigenvalue weighted by Crippen LogP contribution is -2.51. The Kier molecular flexibility index (Phi) is 5.54. The maximum Gasteiger partial charge on any atom is 0.344 e. The van der Waals surface area contributed by atoms with Crippen molar-refractivity contribution in [3.63, 3.8) is 0 Å². The van der Waals surface area contributed by atoms with Gasteiger partial charge < -0.3 is 9.73 Å². The summed E-state index contributed by atoms with van der Waals surface area (Å²) in [6, 6.07) is -0.589. The summed E-state index contributed by atoms with van der Waals surface area (Å²) in [6.07, 6.45) is 4.42. The van der Waals surface area contributed by atoms with Crippen molar-refractivity contribution in [2.24, 2.45) is 0 Å². The Morgan fingerprint density at radius 1 is 1.34 bits per heavy atom. The number of hydrogen-bond donors (Lipinski definition) is 2.